The summed E-state index contributed by atoms with van der Waals surface area (Å²) < 4.78 is 0.730. The second kappa shape index (κ2) is 6.70. The maximum atomic E-state index is 11.7. The number of aliphatic hydroxyl groups is 1. The lowest BCUT2D eigenvalue weighted by molar-refractivity contribution is -0.122. The fraction of sp³-hybridized carbons (Fsp3) is 0.615. The van der Waals surface area contributed by atoms with Gasteiger partial charge < -0.3 is 10.4 Å². The van der Waals surface area contributed by atoms with E-state index in [-0.39, 0.29) is 12.0 Å². The van der Waals surface area contributed by atoms with Gasteiger partial charge in [0.1, 0.15) is 0 Å². The van der Waals surface area contributed by atoms with Crippen LogP contribution < -0.4 is 5.32 Å². The van der Waals surface area contributed by atoms with Crippen LogP contribution in [0, 0.1) is 5.92 Å². The Hall–Kier alpha value is -0.620. The molecule has 1 unspecified atom stereocenters. The van der Waals surface area contributed by atoms with Gasteiger partial charge in [-0.25, -0.2) is 0 Å². The molecule has 1 aliphatic carbocycles. The summed E-state index contributed by atoms with van der Waals surface area (Å²) in [6.07, 6.45) is 1.93. The van der Waals surface area contributed by atoms with Crippen LogP contribution in [0.3, 0.4) is 0 Å². The highest BCUT2D eigenvalue weighted by molar-refractivity contribution is 7.16. The predicted molar refractivity (Wildman–Crippen MR) is 77.4 cm³/mol. The Kier molecular flexibility index (Phi) is 5.21. The van der Waals surface area contributed by atoms with Gasteiger partial charge in [-0.1, -0.05) is 11.6 Å². The highest BCUT2D eigenvalue weighted by Crippen LogP contribution is 2.32. The number of likely N-dealkylation sites (N-methyl/N-ethyl adjacent to an activating group) is 1. The number of hydrogen-bond acceptors (Lipinski definition) is 4. The standard InChI is InChI=1S/C13H19ClN2O2S/c1-16(7-11(17)9-2-3-9)8-13(18)15-6-10-4-5-12(14)19-10/h4-5,9,11,17H,2-3,6-8H2,1H3,(H,15,18). The number of amides is 1. The second-order valence-corrected chi connectivity index (χ2v) is 6.88. The molecule has 1 aromatic rings. The SMILES string of the molecule is CN(CC(=O)NCc1ccc(Cl)s1)CC(O)C1CC1. The molecule has 106 valence electrons. The quantitative estimate of drug-likeness (QED) is 0.806. The number of hydrogen-bond donors (Lipinski definition) is 2. The van der Waals surface area contributed by atoms with E-state index in [4.69, 9.17) is 11.6 Å². The molecule has 2 N–H and O–H groups in total. The number of thiophene rings is 1. The van der Waals surface area contributed by atoms with Gasteiger partial charge in [-0.15, -0.1) is 11.3 Å². The van der Waals surface area contributed by atoms with Crippen molar-refractivity contribution in [3.8, 4) is 0 Å². The third-order valence-electron chi connectivity index (χ3n) is 3.17. The third-order valence-corrected chi connectivity index (χ3v) is 4.40. The van der Waals surface area contributed by atoms with E-state index in [1.165, 1.54) is 11.3 Å². The zero-order valence-electron chi connectivity index (χ0n) is 10.9. The van der Waals surface area contributed by atoms with E-state index in [0.29, 0.717) is 25.6 Å². The number of nitrogens with zero attached hydrogens (tertiary/aromatic N) is 1. The average molecular weight is 303 g/mol. The van der Waals surface area contributed by atoms with E-state index in [9.17, 15) is 9.90 Å². The minimum atomic E-state index is -0.297. The predicted octanol–water partition coefficient (Wildman–Crippen LogP) is 1.72. The maximum absolute atomic E-state index is 11.7. The monoisotopic (exact) mass is 302 g/mol. The average Bonchev–Trinajstić information content (AvgIpc) is 3.10. The summed E-state index contributed by atoms with van der Waals surface area (Å²) in [4.78, 5) is 14.6. The smallest absolute Gasteiger partial charge is 0.234 e. The summed E-state index contributed by atoms with van der Waals surface area (Å²) in [5, 5.41) is 12.6. The zero-order valence-corrected chi connectivity index (χ0v) is 12.5. The van der Waals surface area contributed by atoms with Gasteiger partial charge in [0.05, 0.1) is 23.5 Å². The van der Waals surface area contributed by atoms with E-state index in [0.717, 1.165) is 22.1 Å². The lowest BCUT2D eigenvalue weighted by Crippen LogP contribution is -2.38. The fourth-order valence-corrected chi connectivity index (χ4v) is 2.97. The van der Waals surface area contributed by atoms with Crippen LogP contribution in [0.15, 0.2) is 12.1 Å². The van der Waals surface area contributed by atoms with Crippen LogP contribution in [-0.2, 0) is 11.3 Å². The molecule has 0 aliphatic heterocycles. The number of aliphatic hydroxyl groups excluding tert-OH is 1. The first-order valence-electron chi connectivity index (χ1n) is 6.42. The Morgan fingerprint density at radius 1 is 1.63 bits per heavy atom. The number of halogens is 1. The van der Waals surface area contributed by atoms with Crippen molar-refractivity contribution in [3.05, 3.63) is 21.3 Å². The van der Waals surface area contributed by atoms with Crippen molar-refractivity contribution in [2.45, 2.75) is 25.5 Å². The van der Waals surface area contributed by atoms with Gasteiger partial charge in [0.15, 0.2) is 0 Å². The van der Waals surface area contributed by atoms with E-state index in [2.05, 4.69) is 5.32 Å². The van der Waals surface area contributed by atoms with Crippen molar-refractivity contribution in [2.75, 3.05) is 20.1 Å². The second-order valence-electron chi connectivity index (χ2n) is 5.08. The third kappa shape index (κ3) is 5.10. The first-order chi connectivity index (χ1) is 9.04. The molecule has 4 nitrogen and oxygen atoms in total. The van der Waals surface area contributed by atoms with Crippen LogP contribution in [-0.4, -0.2) is 42.2 Å². The molecule has 1 saturated carbocycles. The normalized spacial score (nSPS) is 16.6. The highest BCUT2D eigenvalue weighted by atomic mass is 35.5. The molecule has 0 bridgehead atoms. The molecule has 1 aliphatic rings. The molecule has 0 saturated heterocycles. The number of nitrogens with one attached hydrogen (secondary N) is 1. The van der Waals surface area contributed by atoms with E-state index >= 15 is 0 Å². The fourth-order valence-electron chi connectivity index (χ4n) is 1.95. The molecular formula is C13H19ClN2O2S. The van der Waals surface area contributed by atoms with E-state index in [1.54, 1.807) is 0 Å². The van der Waals surface area contributed by atoms with Crippen LogP contribution in [0.1, 0.15) is 17.7 Å². The van der Waals surface area contributed by atoms with E-state index in [1.807, 2.05) is 24.1 Å². The Morgan fingerprint density at radius 3 is 2.95 bits per heavy atom. The molecule has 1 atom stereocenters. The molecule has 1 heterocycles. The molecule has 1 amide bonds. The van der Waals surface area contributed by atoms with Gasteiger partial charge >= 0.3 is 0 Å². The molecule has 0 radical (unpaired) electrons. The van der Waals surface area contributed by atoms with Crippen LogP contribution >= 0.6 is 22.9 Å². The van der Waals surface area contributed by atoms with Crippen molar-refractivity contribution in [2.24, 2.45) is 5.92 Å². The van der Waals surface area contributed by atoms with Crippen molar-refractivity contribution in [1.29, 1.82) is 0 Å². The van der Waals surface area contributed by atoms with Crippen LogP contribution in [0.5, 0.6) is 0 Å². The van der Waals surface area contributed by atoms with Crippen molar-refractivity contribution < 1.29 is 9.90 Å². The first-order valence-corrected chi connectivity index (χ1v) is 7.61. The van der Waals surface area contributed by atoms with Crippen LogP contribution in [0.4, 0.5) is 0 Å². The molecule has 6 heteroatoms. The van der Waals surface area contributed by atoms with Crippen LogP contribution in [0.25, 0.3) is 0 Å². The molecule has 0 spiro atoms. The lowest BCUT2D eigenvalue weighted by atomic mass is 10.2. The first kappa shape index (κ1) is 14.8. The topological polar surface area (TPSA) is 52.6 Å². The zero-order chi connectivity index (χ0) is 13.8. The summed E-state index contributed by atoms with van der Waals surface area (Å²) in [6, 6.07) is 3.74. The van der Waals surface area contributed by atoms with Gasteiger partial charge in [0, 0.05) is 11.4 Å². The maximum Gasteiger partial charge on any atom is 0.234 e. The van der Waals surface area contributed by atoms with Crippen molar-refractivity contribution >= 4 is 28.8 Å². The van der Waals surface area contributed by atoms with Gasteiger partial charge in [-0.05, 0) is 37.9 Å². The summed E-state index contributed by atoms with van der Waals surface area (Å²) in [7, 11) is 1.85. The summed E-state index contributed by atoms with van der Waals surface area (Å²) in [5.41, 5.74) is 0. The van der Waals surface area contributed by atoms with Gasteiger partial charge in [-0.3, -0.25) is 9.69 Å². The Bertz CT molecular complexity index is 434. The molecular weight excluding hydrogens is 284 g/mol. The van der Waals surface area contributed by atoms with Gasteiger partial charge in [0.25, 0.3) is 0 Å². The molecule has 1 aromatic heterocycles. The van der Waals surface area contributed by atoms with Gasteiger partial charge in [-0.2, -0.15) is 0 Å². The Balaban J connectivity index is 1.65. The summed E-state index contributed by atoms with van der Waals surface area (Å²) in [5.74, 6) is 0.411. The number of carbonyl (C=O) groups excluding carboxylic acids is 1. The molecule has 0 aromatic carbocycles. The highest BCUT2D eigenvalue weighted by Gasteiger charge is 2.30. The van der Waals surface area contributed by atoms with E-state index < -0.39 is 0 Å². The minimum Gasteiger partial charge on any atom is -0.392 e. The van der Waals surface area contributed by atoms with Crippen LogP contribution in [0.2, 0.25) is 4.34 Å². The lowest BCUT2D eigenvalue weighted by Gasteiger charge is -2.19. The summed E-state index contributed by atoms with van der Waals surface area (Å²) >= 11 is 7.29. The van der Waals surface area contributed by atoms with Gasteiger partial charge in [0.2, 0.25) is 5.91 Å². The summed E-state index contributed by atoms with van der Waals surface area (Å²) in [6.45, 7) is 1.38. The largest absolute Gasteiger partial charge is 0.392 e. The van der Waals surface area contributed by atoms with Crippen molar-refractivity contribution in [1.82, 2.24) is 10.2 Å². The van der Waals surface area contributed by atoms with Crippen molar-refractivity contribution in [3.63, 3.8) is 0 Å². The number of carbonyl (C=O) groups is 1. The molecule has 2 rings (SSSR count). The number of rotatable bonds is 7. The molecule has 19 heavy (non-hydrogen) atoms. The minimum absolute atomic E-state index is 0.0324. The Morgan fingerprint density at radius 2 is 2.37 bits per heavy atom. The Labute approximate surface area is 122 Å². The molecule has 1 fully saturated rings.